The van der Waals surface area contributed by atoms with Crippen molar-refractivity contribution >= 4 is 11.6 Å². The molecule has 0 spiro atoms. The van der Waals surface area contributed by atoms with Gasteiger partial charge in [0.2, 0.25) is 0 Å². The van der Waals surface area contributed by atoms with E-state index in [2.05, 4.69) is 10.6 Å². The van der Waals surface area contributed by atoms with Crippen LogP contribution in [0.1, 0.15) is 29.3 Å². The Hall–Kier alpha value is -1.59. The molecule has 0 bridgehead atoms. The predicted molar refractivity (Wildman–Crippen MR) is 78.0 cm³/mol. The number of carbonyl (C=O) groups is 1. The van der Waals surface area contributed by atoms with Gasteiger partial charge < -0.3 is 20.1 Å². The molecule has 0 aliphatic carbocycles. The number of carbonyl (C=O) groups excluding carboxylic acids is 1. The number of ether oxygens (including phenoxy) is 2. The zero-order chi connectivity index (χ0) is 14.5. The van der Waals surface area contributed by atoms with Crippen molar-refractivity contribution in [3.63, 3.8) is 0 Å². The fraction of sp³-hybridized carbons (Fsp3) is 0.533. The predicted octanol–water partition coefficient (Wildman–Crippen LogP) is 1.78. The molecule has 1 unspecified atom stereocenters. The summed E-state index contributed by atoms with van der Waals surface area (Å²) in [6, 6.07) is 5.57. The van der Waals surface area contributed by atoms with E-state index >= 15 is 0 Å². The molecule has 2 rings (SSSR count). The third kappa shape index (κ3) is 3.11. The van der Waals surface area contributed by atoms with Crippen LogP contribution in [-0.4, -0.2) is 39.0 Å². The molecule has 1 heterocycles. The monoisotopic (exact) mass is 278 g/mol. The van der Waals surface area contributed by atoms with Crippen LogP contribution in [0, 0.1) is 0 Å². The second-order valence-corrected chi connectivity index (χ2v) is 4.96. The summed E-state index contributed by atoms with van der Waals surface area (Å²) in [5, 5.41) is 6.26. The van der Waals surface area contributed by atoms with Gasteiger partial charge in [0.15, 0.2) is 6.29 Å². The lowest BCUT2D eigenvalue weighted by atomic mass is 9.97. The molecular weight excluding hydrogens is 256 g/mol. The molecule has 1 aliphatic heterocycles. The third-order valence-electron chi connectivity index (χ3n) is 3.57. The van der Waals surface area contributed by atoms with Gasteiger partial charge >= 0.3 is 0 Å². The van der Waals surface area contributed by atoms with E-state index in [0.29, 0.717) is 0 Å². The number of methoxy groups -OCH3 is 2. The van der Waals surface area contributed by atoms with Crippen molar-refractivity contribution in [3.05, 3.63) is 29.3 Å². The Balaban J connectivity index is 2.13. The van der Waals surface area contributed by atoms with E-state index in [1.54, 1.807) is 14.2 Å². The quantitative estimate of drug-likeness (QED) is 0.806. The van der Waals surface area contributed by atoms with Gasteiger partial charge in [0.1, 0.15) is 0 Å². The molecule has 0 saturated carbocycles. The van der Waals surface area contributed by atoms with Crippen LogP contribution in [0.2, 0.25) is 0 Å². The first-order valence-corrected chi connectivity index (χ1v) is 6.89. The SMILES string of the molecule is COC(OC)C(C)NC(=O)c1cccc2c1CCCN2. The van der Waals surface area contributed by atoms with Gasteiger partial charge in [0.25, 0.3) is 5.91 Å². The van der Waals surface area contributed by atoms with E-state index in [9.17, 15) is 4.79 Å². The number of anilines is 1. The second kappa shape index (κ2) is 6.72. The maximum atomic E-state index is 12.4. The summed E-state index contributed by atoms with van der Waals surface area (Å²) >= 11 is 0. The van der Waals surface area contributed by atoms with Crippen LogP contribution in [0.15, 0.2) is 18.2 Å². The Kier molecular flexibility index (Phi) is 4.98. The smallest absolute Gasteiger partial charge is 0.252 e. The van der Waals surface area contributed by atoms with Crippen LogP contribution in [0.25, 0.3) is 0 Å². The van der Waals surface area contributed by atoms with Gasteiger partial charge in [0, 0.05) is 32.0 Å². The molecular formula is C15H22N2O3. The number of benzene rings is 1. The fourth-order valence-corrected chi connectivity index (χ4v) is 2.58. The van der Waals surface area contributed by atoms with E-state index in [1.165, 1.54) is 0 Å². The molecule has 1 atom stereocenters. The lowest BCUT2D eigenvalue weighted by molar-refractivity contribution is -0.117. The van der Waals surface area contributed by atoms with E-state index in [1.807, 2.05) is 25.1 Å². The van der Waals surface area contributed by atoms with E-state index in [4.69, 9.17) is 9.47 Å². The van der Waals surface area contributed by atoms with Gasteiger partial charge in [-0.25, -0.2) is 0 Å². The lowest BCUT2D eigenvalue weighted by Gasteiger charge is -2.24. The number of fused-ring (bicyclic) bond motifs is 1. The summed E-state index contributed by atoms with van der Waals surface area (Å²) in [6.07, 6.45) is 1.53. The maximum absolute atomic E-state index is 12.4. The summed E-state index contributed by atoms with van der Waals surface area (Å²) in [6.45, 7) is 2.83. The van der Waals surface area contributed by atoms with Crippen LogP contribution < -0.4 is 10.6 Å². The zero-order valence-electron chi connectivity index (χ0n) is 12.2. The Morgan fingerprint density at radius 3 is 2.80 bits per heavy atom. The molecule has 5 nitrogen and oxygen atoms in total. The minimum atomic E-state index is -0.448. The molecule has 0 radical (unpaired) electrons. The molecule has 2 N–H and O–H groups in total. The standard InChI is InChI=1S/C15H22N2O3/c1-10(15(19-2)20-3)17-14(18)12-6-4-8-13-11(12)7-5-9-16-13/h4,6,8,10,15-16H,5,7,9H2,1-3H3,(H,17,18). The largest absolute Gasteiger partial charge is 0.385 e. The van der Waals surface area contributed by atoms with Gasteiger partial charge in [-0.2, -0.15) is 0 Å². The van der Waals surface area contributed by atoms with Crippen molar-refractivity contribution in [1.82, 2.24) is 5.32 Å². The summed E-state index contributed by atoms with van der Waals surface area (Å²) in [4.78, 5) is 12.4. The Labute approximate surface area is 119 Å². The van der Waals surface area contributed by atoms with E-state index in [0.717, 1.165) is 36.2 Å². The molecule has 1 aromatic rings. The molecule has 1 amide bonds. The minimum Gasteiger partial charge on any atom is -0.385 e. The Bertz CT molecular complexity index is 472. The lowest BCUT2D eigenvalue weighted by Crippen LogP contribution is -2.43. The van der Waals surface area contributed by atoms with Crippen molar-refractivity contribution in [2.75, 3.05) is 26.1 Å². The molecule has 5 heteroatoms. The number of rotatable bonds is 5. The summed E-state index contributed by atoms with van der Waals surface area (Å²) < 4.78 is 10.3. The van der Waals surface area contributed by atoms with Gasteiger partial charge in [-0.1, -0.05) is 6.07 Å². The van der Waals surface area contributed by atoms with E-state index < -0.39 is 6.29 Å². The van der Waals surface area contributed by atoms with Crippen molar-refractivity contribution < 1.29 is 14.3 Å². The molecule has 0 aromatic heterocycles. The summed E-state index contributed by atoms with van der Waals surface area (Å²) in [5.74, 6) is -0.0860. The molecule has 1 aliphatic rings. The third-order valence-corrected chi connectivity index (χ3v) is 3.57. The molecule has 0 saturated heterocycles. The average Bonchev–Trinajstić information content (AvgIpc) is 2.47. The number of nitrogens with one attached hydrogen (secondary N) is 2. The normalized spacial score (nSPS) is 15.4. The molecule has 0 fully saturated rings. The number of hydrogen-bond donors (Lipinski definition) is 2. The van der Waals surface area contributed by atoms with Gasteiger partial charge in [-0.15, -0.1) is 0 Å². The van der Waals surface area contributed by atoms with Gasteiger partial charge in [0.05, 0.1) is 6.04 Å². The molecule has 20 heavy (non-hydrogen) atoms. The van der Waals surface area contributed by atoms with E-state index in [-0.39, 0.29) is 11.9 Å². The summed E-state index contributed by atoms with van der Waals surface area (Å²) in [7, 11) is 3.12. The van der Waals surface area contributed by atoms with Crippen LogP contribution in [0.3, 0.4) is 0 Å². The fourth-order valence-electron chi connectivity index (χ4n) is 2.58. The van der Waals surface area contributed by atoms with Crippen LogP contribution >= 0.6 is 0 Å². The maximum Gasteiger partial charge on any atom is 0.252 e. The van der Waals surface area contributed by atoms with Crippen molar-refractivity contribution in [3.8, 4) is 0 Å². The van der Waals surface area contributed by atoms with Crippen molar-refractivity contribution in [2.24, 2.45) is 0 Å². The first kappa shape index (κ1) is 14.8. The zero-order valence-corrected chi connectivity index (χ0v) is 12.2. The Morgan fingerprint density at radius 2 is 2.10 bits per heavy atom. The first-order chi connectivity index (χ1) is 9.67. The minimum absolute atomic E-state index is 0.0860. The second-order valence-electron chi connectivity index (χ2n) is 4.96. The van der Waals surface area contributed by atoms with Crippen LogP contribution in [-0.2, 0) is 15.9 Å². The van der Waals surface area contributed by atoms with Gasteiger partial charge in [-0.05, 0) is 37.5 Å². The number of hydrogen-bond acceptors (Lipinski definition) is 4. The van der Waals surface area contributed by atoms with Crippen molar-refractivity contribution in [1.29, 1.82) is 0 Å². The average molecular weight is 278 g/mol. The highest BCUT2D eigenvalue weighted by atomic mass is 16.7. The highest BCUT2D eigenvalue weighted by molar-refractivity contribution is 5.97. The highest BCUT2D eigenvalue weighted by Crippen LogP contribution is 2.25. The van der Waals surface area contributed by atoms with Crippen LogP contribution in [0.4, 0.5) is 5.69 Å². The van der Waals surface area contributed by atoms with Crippen LogP contribution in [0.5, 0.6) is 0 Å². The summed E-state index contributed by atoms with van der Waals surface area (Å²) in [5.41, 5.74) is 2.88. The highest BCUT2D eigenvalue weighted by Gasteiger charge is 2.22. The van der Waals surface area contributed by atoms with Gasteiger partial charge in [-0.3, -0.25) is 4.79 Å². The Morgan fingerprint density at radius 1 is 1.35 bits per heavy atom. The number of amides is 1. The molecule has 1 aromatic carbocycles. The first-order valence-electron chi connectivity index (χ1n) is 6.89. The molecule has 110 valence electrons. The van der Waals surface area contributed by atoms with Crippen molar-refractivity contribution in [2.45, 2.75) is 32.1 Å². The topological polar surface area (TPSA) is 59.6 Å².